The SMILES string of the molecule is CCN(CC(=O)NC(C)C)C(C)C1CNCCO1. The van der Waals surface area contributed by atoms with Crippen LogP contribution in [0.4, 0.5) is 0 Å². The fourth-order valence-corrected chi connectivity index (χ4v) is 2.23. The Morgan fingerprint density at radius 1 is 1.50 bits per heavy atom. The van der Waals surface area contributed by atoms with Crippen LogP contribution in [0.1, 0.15) is 27.7 Å². The zero-order valence-electron chi connectivity index (χ0n) is 12.0. The van der Waals surface area contributed by atoms with Gasteiger partial charge in [-0.3, -0.25) is 9.69 Å². The summed E-state index contributed by atoms with van der Waals surface area (Å²) in [5.41, 5.74) is 0. The minimum absolute atomic E-state index is 0.0856. The van der Waals surface area contributed by atoms with E-state index in [1.54, 1.807) is 0 Å². The van der Waals surface area contributed by atoms with Crippen molar-refractivity contribution < 1.29 is 9.53 Å². The summed E-state index contributed by atoms with van der Waals surface area (Å²) >= 11 is 0. The highest BCUT2D eigenvalue weighted by Crippen LogP contribution is 2.09. The predicted molar refractivity (Wildman–Crippen MR) is 72.6 cm³/mol. The third-order valence-corrected chi connectivity index (χ3v) is 3.27. The van der Waals surface area contributed by atoms with Gasteiger partial charge in [-0.2, -0.15) is 0 Å². The minimum Gasteiger partial charge on any atom is -0.374 e. The Hall–Kier alpha value is -0.650. The molecule has 0 spiro atoms. The van der Waals surface area contributed by atoms with Crippen LogP contribution in [0.3, 0.4) is 0 Å². The number of ether oxygens (including phenoxy) is 1. The van der Waals surface area contributed by atoms with E-state index >= 15 is 0 Å². The van der Waals surface area contributed by atoms with Crippen LogP contribution < -0.4 is 10.6 Å². The van der Waals surface area contributed by atoms with Crippen LogP contribution in [0.5, 0.6) is 0 Å². The molecule has 0 aliphatic carbocycles. The quantitative estimate of drug-likeness (QED) is 0.714. The summed E-state index contributed by atoms with van der Waals surface area (Å²) < 4.78 is 5.75. The molecule has 1 fully saturated rings. The molecule has 1 saturated heterocycles. The van der Waals surface area contributed by atoms with Gasteiger partial charge in [0.05, 0.1) is 19.3 Å². The Morgan fingerprint density at radius 3 is 2.72 bits per heavy atom. The van der Waals surface area contributed by atoms with Crippen LogP contribution in [0.15, 0.2) is 0 Å². The summed E-state index contributed by atoms with van der Waals surface area (Å²) in [5, 5.41) is 6.26. The molecule has 106 valence electrons. The summed E-state index contributed by atoms with van der Waals surface area (Å²) in [7, 11) is 0. The molecule has 1 rings (SSSR count). The molecule has 0 aromatic carbocycles. The number of hydrogen-bond acceptors (Lipinski definition) is 4. The molecule has 0 bridgehead atoms. The normalized spacial score (nSPS) is 22.2. The number of carbonyl (C=O) groups is 1. The Bertz CT molecular complexity index is 253. The number of nitrogens with one attached hydrogen (secondary N) is 2. The number of nitrogens with zero attached hydrogens (tertiary/aromatic N) is 1. The number of hydrogen-bond donors (Lipinski definition) is 2. The molecular formula is C13H27N3O2. The molecule has 18 heavy (non-hydrogen) atoms. The van der Waals surface area contributed by atoms with Crippen LogP contribution in [0, 0.1) is 0 Å². The topological polar surface area (TPSA) is 53.6 Å². The summed E-state index contributed by atoms with van der Waals surface area (Å²) in [4.78, 5) is 14.0. The van der Waals surface area contributed by atoms with E-state index in [2.05, 4.69) is 29.4 Å². The van der Waals surface area contributed by atoms with Gasteiger partial charge in [-0.1, -0.05) is 6.92 Å². The van der Waals surface area contributed by atoms with Crippen LogP contribution in [-0.4, -0.2) is 61.8 Å². The molecule has 1 aliphatic rings. The summed E-state index contributed by atoms with van der Waals surface area (Å²) in [6, 6.07) is 0.444. The smallest absolute Gasteiger partial charge is 0.234 e. The van der Waals surface area contributed by atoms with Gasteiger partial charge in [0.25, 0.3) is 0 Å². The lowest BCUT2D eigenvalue weighted by Crippen LogP contribution is -2.53. The van der Waals surface area contributed by atoms with Gasteiger partial charge in [-0.05, 0) is 27.3 Å². The van der Waals surface area contributed by atoms with Crippen molar-refractivity contribution in [2.45, 2.75) is 45.9 Å². The van der Waals surface area contributed by atoms with E-state index in [0.29, 0.717) is 6.54 Å². The van der Waals surface area contributed by atoms with Crippen LogP contribution in [0.2, 0.25) is 0 Å². The van der Waals surface area contributed by atoms with Crippen LogP contribution >= 0.6 is 0 Å². The van der Waals surface area contributed by atoms with Gasteiger partial charge in [-0.15, -0.1) is 0 Å². The van der Waals surface area contributed by atoms with E-state index in [9.17, 15) is 4.79 Å². The molecule has 1 amide bonds. The van der Waals surface area contributed by atoms with E-state index in [-0.39, 0.29) is 24.1 Å². The van der Waals surface area contributed by atoms with E-state index < -0.39 is 0 Å². The zero-order valence-corrected chi connectivity index (χ0v) is 12.0. The Morgan fingerprint density at radius 2 is 2.22 bits per heavy atom. The third kappa shape index (κ3) is 4.92. The maximum atomic E-state index is 11.8. The van der Waals surface area contributed by atoms with Gasteiger partial charge in [0, 0.05) is 25.2 Å². The molecule has 2 atom stereocenters. The average molecular weight is 257 g/mol. The van der Waals surface area contributed by atoms with Crippen molar-refractivity contribution in [3.8, 4) is 0 Å². The van der Waals surface area contributed by atoms with Crippen molar-refractivity contribution in [2.24, 2.45) is 0 Å². The fourth-order valence-electron chi connectivity index (χ4n) is 2.23. The molecule has 0 saturated carbocycles. The molecule has 0 radical (unpaired) electrons. The van der Waals surface area contributed by atoms with Crippen molar-refractivity contribution >= 4 is 5.91 Å². The molecule has 5 nitrogen and oxygen atoms in total. The standard InChI is InChI=1S/C13H27N3O2/c1-5-16(9-13(17)15-10(2)3)11(4)12-8-14-6-7-18-12/h10-12,14H,5-9H2,1-4H3,(H,15,17). The molecule has 2 unspecified atom stereocenters. The maximum Gasteiger partial charge on any atom is 0.234 e. The Balaban J connectivity index is 2.45. The lowest BCUT2D eigenvalue weighted by atomic mass is 10.1. The first-order valence-electron chi connectivity index (χ1n) is 6.90. The largest absolute Gasteiger partial charge is 0.374 e. The van der Waals surface area contributed by atoms with E-state index in [1.807, 2.05) is 13.8 Å². The highest BCUT2D eigenvalue weighted by molar-refractivity contribution is 5.78. The van der Waals surface area contributed by atoms with Crippen molar-refractivity contribution in [1.29, 1.82) is 0 Å². The third-order valence-electron chi connectivity index (χ3n) is 3.27. The van der Waals surface area contributed by atoms with Gasteiger partial charge in [0.15, 0.2) is 0 Å². The average Bonchev–Trinajstić information content (AvgIpc) is 2.35. The molecular weight excluding hydrogens is 230 g/mol. The molecule has 0 aromatic rings. The van der Waals surface area contributed by atoms with E-state index in [4.69, 9.17) is 4.74 Å². The highest BCUT2D eigenvalue weighted by Gasteiger charge is 2.26. The first kappa shape index (κ1) is 15.4. The van der Waals surface area contributed by atoms with Gasteiger partial charge in [0.2, 0.25) is 5.91 Å². The van der Waals surface area contributed by atoms with Crippen LogP contribution in [-0.2, 0) is 9.53 Å². The Kier molecular flexibility index (Phi) is 6.60. The van der Waals surface area contributed by atoms with Crippen molar-refractivity contribution in [3.63, 3.8) is 0 Å². The lowest BCUT2D eigenvalue weighted by Gasteiger charge is -2.35. The van der Waals surface area contributed by atoms with Crippen LogP contribution in [0.25, 0.3) is 0 Å². The first-order chi connectivity index (χ1) is 8.54. The second-order valence-electron chi connectivity index (χ2n) is 5.14. The van der Waals surface area contributed by atoms with Gasteiger partial charge >= 0.3 is 0 Å². The summed E-state index contributed by atoms with van der Waals surface area (Å²) in [5.74, 6) is 0.0856. The summed E-state index contributed by atoms with van der Waals surface area (Å²) in [6.07, 6.45) is 0.172. The minimum atomic E-state index is 0.0856. The van der Waals surface area contributed by atoms with Crippen molar-refractivity contribution in [3.05, 3.63) is 0 Å². The second-order valence-corrected chi connectivity index (χ2v) is 5.14. The van der Waals surface area contributed by atoms with Gasteiger partial charge < -0.3 is 15.4 Å². The first-order valence-corrected chi connectivity index (χ1v) is 6.90. The number of carbonyl (C=O) groups excluding carboxylic acids is 1. The predicted octanol–water partition coefficient (Wildman–Crippen LogP) is 0.210. The molecule has 5 heteroatoms. The molecule has 1 aliphatic heterocycles. The molecule has 1 heterocycles. The maximum absolute atomic E-state index is 11.8. The number of rotatable bonds is 6. The fraction of sp³-hybridized carbons (Fsp3) is 0.923. The monoisotopic (exact) mass is 257 g/mol. The number of morpholine rings is 1. The number of amides is 1. The Labute approximate surface area is 110 Å². The summed E-state index contributed by atoms with van der Waals surface area (Å²) in [6.45, 7) is 12.0. The number of likely N-dealkylation sites (N-methyl/N-ethyl adjacent to an activating group) is 1. The zero-order chi connectivity index (χ0) is 13.5. The second kappa shape index (κ2) is 7.71. The van der Waals surface area contributed by atoms with E-state index in [0.717, 1.165) is 26.2 Å². The molecule has 0 aromatic heterocycles. The lowest BCUT2D eigenvalue weighted by molar-refractivity contribution is -0.124. The van der Waals surface area contributed by atoms with Gasteiger partial charge in [0.1, 0.15) is 0 Å². The highest BCUT2D eigenvalue weighted by atomic mass is 16.5. The van der Waals surface area contributed by atoms with Gasteiger partial charge in [-0.25, -0.2) is 0 Å². The van der Waals surface area contributed by atoms with Crippen molar-refractivity contribution in [1.82, 2.24) is 15.5 Å². The van der Waals surface area contributed by atoms with E-state index in [1.165, 1.54) is 0 Å². The molecule has 2 N–H and O–H groups in total. The van der Waals surface area contributed by atoms with Crippen molar-refractivity contribution in [2.75, 3.05) is 32.8 Å².